The number of hydrogen-bond donors (Lipinski definition) is 1. The van der Waals surface area contributed by atoms with Crippen molar-refractivity contribution in [2.24, 2.45) is 10.7 Å². The Morgan fingerprint density at radius 2 is 2.26 bits per heavy atom. The molecule has 0 aliphatic carbocycles. The number of halogens is 1. The van der Waals surface area contributed by atoms with Gasteiger partial charge in [-0.25, -0.2) is 4.98 Å². The molecule has 0 radical (unpaired) electrons. The van der Waals surface area contributed by atoms with Crippen molar-refractivity contribution in [3.05, 3.63) is 41.3 Å². The minimum atomic E-state index is 0.448. The maximum Gasteiger partial charge on any atom is 0.129 e. The Balaban J connectivity index is 2.38. The molecular formula is C14H15ClN4. The number of nitrogens with two attached hydrogens (primary N) is 1. The highest BCUT2D eigenvalue weighted by Crippen LogP contribution is 2.18. The average Bonchev–Trinajstić information content (AvgIpc) is 2.43. The van der Waals surface area contributed by atoms with E-state index in [0.29, 0.717) is 5.15 Å². The van der Waals surface area contributed by atoms with Crippen molar-refractivity contribution in [2.45, 2.75) is 13.3 Å². The molecule has 0 aliphatic rings. The van der Waals surface area contributed by atoms with E-state index in [2.05, 4.69) is 21.9 Å². The van der Waals surface area contributed by atoms with Crippen LogP contribution in [0.15, 0.2) is 35.6 Å². The number of allylic oxidation sites excluding steroid dienone is 1. The predicted molar refractivity (Wildman–Crippen MR) is 80.4 cm³/mol. The smallest absolute Gasteiger partial charge is 0.129 e. The van der Waals surface area contributed by atoms with Crippen LogP contribution in [0.25, 0.3) is 16.6 Å². The standard InChI is InChI=1S/C14H15ClN4/c1-2-5-17-8-11(7-16)10-6-13-12(18-9-10)3-4-14(15)19-13/h3-4,6-9H,2,5,16H2,1H3. The zero-order chi connectivity index (χ0) is 13.7. The average molecular weight is 275 g/mol. The number of hydrogen-bond acceptors (Lipinski definition) is 4. The minimum Gasteiger partial charge on any atom is -0.404 e. The first-order chi connectivity index (χ1) is 9.24. The van der Waals surface area contributed by atoms with Crippen LogP contribution in [-0.2, 0) is 0 Å². The number of nitrogens with zero attached hydrogens (tertiary/aromatic N) is 3. The molecule has 0 unspecified atom stereocenters. The summed E-state index contributed by atoms with van der Waals surface area (Å²) >= 11 is 5.88. The molecule has 2 aromatic rings. The lowest BCUT2D eigenvalue weighted by atomic mass is 10.1. The van der Waals surface area contributed by atoms with Crippen molar-refractivity contribution >= 4 is 34.4 Å². The maximum atomic E-state index is 5.88. The van der Waals surface area contributed by atoms with Crippen LogP contribution in [0, 0.1) is 0 Å². The van der Waals surface area contributed by atoms with Gasteiger partial charge in [-0.3, -0.25) is 9.98 Å². The predicted octanol–water partition coefficient (Wildman–Crippen LogP) is 3.06. The zero-order valence-electron chi connectivity index (χ0n) is 10.7. The summed E-state index contributed by atoms with van der Waals surface area (Å²) < 4.78 is 0. The summed E-state index contributed by atoms with van der Waals surface area (Å²) in [7, 11) is 0. The second-order valence-corrected chi connectivity index (χ2v) is 4.44. The molecule has 0 spiro atoms. The summed E-state index contributed by atoms with van der Waals surface area (Å²) in [5.74, 6) is 0. The van der Waals surface area contributed by atoms with Gasteiger partial charge >= 0.3 is 0 Å². The first-order valence-electron chi connectivity index (χ1n) is 6.09. The molecule has 19 heavy (non-hydrogen) atoms. The molecule has 4 nitrogen and oxygen atoms in total. The summed E-state index contributed by atoms with van der Waals surface area (Å²) in [4.78, 5) is 12.9. The molecule has 2 N–H and O–H groups in total. The molecule has 0 aliphatic heterocycles. The van der Waals surface area contributed by atoms with Gasteiger partial charge < -0.3 is 5.73 Å². The lowest BCUT2D eigenvalue weighted by Gasteiger charge is -2.03. The largest absolute Gasteiger partial charge is 0.404 e. The summed E-state index contributed by atoms with van der Waals surface area (Å²) in [5, 5.41) is 0.448. The van der Waals surface area contributed by atoms with E-state index in [1.165, 1.54) is 6.20 Å². The number of aromatic nitrogens is 2. The van der Waals surface area contributed by atoms with Gasteiger partial charge in [0.05, 0.1) is 11.0 Å². The molecular weight excluding hydrogens is 260 g/mol. The highest BCUT2D eigenvalue weighted by atomic mass is 35.5. The van der Waals surface area contributed by atoms with Gasteiger partial charge in [0.25, 0.3) is 0 Å². The number of fused-ring (bicyclic) bond motifs is 1. The number of pyridine rings is 2. The van der Waals surface area contributed by atoms with Crippen LogP contribution >= 0.6 is 11.6 Å². The van der Waals surface area contributed by atoms with Crippen LogP contribution in [0.5, 0.6) is 0 Å². The molecule has 0 fully saturated rings. The lowest BCUT2D eigenvalue weighted by Crippen LogP contribution is -1.94. The third kappa shape index (κ3) is 3.29. The van der Waals surface area contributed by atoms with Gasteiger partial charge in [-0.1, -0.05) is 18.5 Å². The van der Waals surface area contributed by atoms with Crippen molar-refractivity contribution in [2.75, 3.05) is 6.54 Å². The van der Waals surface area contributed by atoms with E-state index >= 15 is 0 Å². The van der Waals surface area contributed by atoms with Gasteiger partial charge in [0.15, 0.2) is 0 Å². The normalized spacial score (nSPS) is 12.4. The topological polar surface area (TPSA) is 64.2 Å². The van der Waals surface area contributed by atoms with Crippen molar-refractivity contribution < 1.29 is 0 Å². The first kappa shape index (κ1) is 13.5. The molecule has 0 saturated carbocycles. The van der Waals surface area contributed by atoms with E-state index in [-0.39, 0.29) is 0 Å². The fourth-order valence-corrected chi connectivity index (χ4v) is 1.80. The molecule has 0 aromatic carbocycles. The number of aliphatic imine (C=N–C) groups is 1. The second kappa shape index (κ2) is 6.29. The van der Waals surface area contributed by atoms with Crippen LogP contribution < -0.4 is 5.73 Å². The first-order valence-corrected chi connectivity index (χ1v) is 6.46. The Hall–Kier alpha value is -1.94. The Labute approximate surface area is 117 Å². The summed E-state index contributed by atoms with van der Waals surface area (Å²) in [6, 6.07) is 5.47. The van der Waals surface area contributed by atoms with E-state index in [4.69, 9.17) is 17.3 Å². The Kier molecular flexibility index (Phi) is 4.47. The van der Waals surface area contributed by atoms with E-state index in [1.54, 1.807) is 18.5 Å². The summed E-state index contributed by atoms with van der Waals surface area (Å²) in [6.45, 7) is 2.86. The fraction of sp³-hybridized carbons (Fsp3) is 0.214. The maximum absolute atomic E-state index is 5.88. The van der Waals surface area contributed by atoms with Crippen LogP contribution in [0.3, 0.4) is 0 Å². The lowest BCUT2D eigenvalue weighted by molar-refractivity contribution is 0.938. The quantitative estimate of drug-likeness (QED) is 0.688. The molecule has 2 heterocycles. The Bertz CT molecular complexity index is 634. The molecule has 2 aromatic heterocycles. The fourth-order valence-electron chi connectivity index (χ4n) is 1.65. The van der Waals surface area contributed by atoms with Crippen molar-refractivity contribution in [1.29, 1.82) is 0 Å². The highest BCUT2D eigenvalue weighted by Gasteiger charge is 2.03. The molecule has 0 saturated heterocycles. The van der Waals surface area contributed by atoms with Crippen LogP contribution in [-0.4, -0.2) is 22.7 Å². The molecule has 0 amide bonds. The molecule has 0 atom stereocenters. The van der Waals surface area contributed by atoms with Gasteiger partial charge in [-0.05, 0) is 24.6 Å². The van der Waals surface area contributed by atoms with Gasteiger partial charge in [0.2, 0.25) is 0 Å². The van der Waals surface area contributed by atoms with Crippen LogP contribution in [0.4, 0.5) is 0 Å². The second-order valence-electron chi connectivity index (χ2n) is 4.05. The van der Waals surface area contributed by atoms with Crippen molar-refractivity contribution in [1.82, 2.24) is 9.97 Å². The molecule has 2 rings (SSSR count). The van der Waals surface area contributed by atoms with Gasteiger partial charge in [0.1, 0.15) is 5.15 Å². The van der Waals surface area contributed by atoms with Crippen LogP contribution in [0.1, 0.15) is 18.9 Å². The third-order valence-electron chi connectivity index (χ3n) is 2.60. The Morgan fingerprint density at radius 1 is 1.42 bits per heavy atom. The van der Waals surface area contributed by atoms with Crippen molar-refractivity contribution in [3.63, 3.8) is 0 Å². The SMILES string of the molecule is CCCN=CC(=CN)c1cnc2ccc(Cl)nc2c1. The molecule has 98 valence electrons. The van der Waals surface area contributed by atoms with Gasteiger partial charge in [0, 0.05) is 36.3 Å². The third-order valence-corrected chi connectivity index (χ3v) is 2.81. The zero-order valence-corrected chi connectivity index (χ0v) is 11.4. The number of rotatable bonds is 4. The van der Waals surface area contributed by atoms with E-state index < -0.39 is 0 Å². The van der Waals surface area contributed by atoms with E-state index in [1.807, 2.05) is 12.1 Å². The van der Waals surface area contributed by atoms with Crippen LogP contribution in [0.2, 0.25) is 5.15 Å². The summed E-state index contributed by atoms with van der Waals surface area (Å²) in [6.07, 6.45) is 6.04. The Morgan fingerprint density at radius 3 is 3.00 bits per heavy atom. The van der Waals surface area contributed by atoms with E-state index in [9.17, 15) is 0 Å². The minimum absolute atomic E-state index is 0.448. The van der Waals surface area contributed by atoms with Gasteiger partial charge in [-0.15, -0.1) is 0 Å². The van der Waals surface area contributed by atoms with Gasteiger partial charge in [-0.2, -0.15) is 0 Å². The molecule has 5 heteroatoms. The van der Waals surface area contributed by atoms with Crippen molar-refractivity contribution in [3.8, 4) is 0 Å². The molecule has 0 bridgehead atoms. The van der Waals surface area contributed by atoms with E-state index in [0.717, 1.165) is 35.1 Å². The monoisotopic (exact) mass is 274 g/mol. The summed E-state index contributed by atoms with van der Waals surface area (Å²) in [5.41, 5.74) is 8.88. The highest BCUT2D eigenvalue weighted by molar-refractivity contribution is 6.29.